The SMILES string of the molecule is Cc1cc(C)c2cc(C(=O)Nc3ccc(CC(=O)N4CCOCC4)cc3)[nH]c2c1. The molecule has 3 aromatic rings. The highest BCUT2D eigenvalue weighted by molar-refractivity contribution is 6.06. The predicted octanol–water partition coefficient (Wildman–Crippen LogP) is 3.44. The van der Waals surface area contributed by atoms with Crippen LogP contribution in [0.1, 0.15) is 27.2 Å². The van der Waals surface area contributed by atoms with E-state index in [1.165, 1.54) is 0 Å². The van der Waals surface area contributed by atoms with Crippen molar-refractivity contribution in [3.8, 4) is 0 Å². The van der Waals surface area contributed by atoms with Gasteiger partial charge in [0.25, 0.3) is 5.91 Å². The van der Waals surface area contributed by atoms with Crippen molar-refractivity contribution in [3.05, 3.63) is 64.8 Å². The van der Waals surface area contributed by atoms with Crippen LogP contribution in [0.4, 0.5) is 5.69 Å². The Labute approximate surface area is 169 Å². The summed E-state index contributed by atoms with van der Waals surface area (Å²) in [6, 6.07) is 13.5. The van der Waals surface area contributed by atoms with Gasteiger partial charge in [-0.25, -0.2) is 0 Å². The van der Waals surface area contributed by atoms with Crippen LogP contribution < -0.4 is 5.32 Å². The van der Waals surface area contributed by atoms with Gasteiger partial charge in [0.2, 0.25) is 5.91 Å². The van der Waals surface area contributed by atoms with Gasteiger partial charge in [0.15, 0.2) is 0 Å². The van der Waals surface area contributed by atoms with E-state index >= 15 is 0 Å². The molecular weight excluding hydrogens is 366 g/mol. The van der Waals surface area contributed by atoms with Crippen LogP contribution in [0.3, 0.4) is 0 Å². The second kappa shape index (κ2) is 8.09. The molecule has 2 N–H and O–H groups in total. The summed E-state index contributed by atoms with van der Waals surface area (Å²) in [7, 11) is 0. The number of ether oxygens (including phenoxy) is 1. The lowest BCUT2D eigenvalue weighted by Gasteiger charge is -2.26. The summed E-state index contributed by atoms with van der Waals surface area (Å²) in [5.74, 6) is -0.0794. The summed E-state index contributed by atoms with van der Waals surface area (Å²) < 4.78 is 5.28. The maximum absolute atomic E-state index is 12.6. The van der Waals surface area contributed by atoms with E-state index in [2.05, 4.69) is 16.4 Å². The lowest BCUT2D eigenvalue weighted by Crippen LogP contribution is -2.41. The van der Waals surface area contributed by atoms with Gasteiger partial charge in [0.1, 0.15) is 5.69 Å². The molecule has 1 aliphatic heterocycles. The normalized spacial score (nSPS) is 14.2. The fraction of sp³-hybridized carbons (Fsp3) is 0.304. The number of rotatable bonds is 4. The van der Waals surface area contributed by atoms with Crippen molar-refractivity contribution in [1.82, 2.24) is 9.88 Å². The predicted molar refractivity (Wildman–Crippen MR) is 113 cm³/mol. The molecule has 6 heteroatoms. The molecule has 1 saturated heterocycles. The average Bonchev–Trinajstić information content (AvgIpc) is 3.15. The number of fused-ring (bicyclic) bond motifs is 1. The first-order chi connectivity index (χ1) is 14.0. The summed E-state index contributed by atoms with van der Waals surface area (Å²) in [5, 5.41) is 3.97. The van der Waals surface area contributed by atoms with Gasteiger partial charge in [0, 0.05) is 29.7 Å². The molecule has 150 valence electrons. The van der Waals surface area contributed by atoms with Crippen LogP contribution in [0.5, 0.6) is 0 Å². The van der Waals surface area contributed by atoms with Crippen molar-refractivity contribution < 1.29 is 14.3 Å². The number of morpholine rings is 1. The number of carbonyl (C=O) groups excluding carboxylic acids is 2. The van der Waals surface area contributed by atoms with Crippen molar-refractivity contribution in [3.63, 3.8) is 0 Å². The molecule has 1 aliphatic rings. The van der Waals surface area contributed by atoms with Gasteiger partial charge < -0.3 is 19.9 Å². The number of aromatic amines is 1. The molecule has 0 atom stereocenters. The summed E-state index contributed by atoms with van der Waals surface area (Å²) in [4.78, 5) is 30.0. The molecule has 0 radical (unpaired) electrons. The number of benzene rings is 2. The van der Waals surface area contributed by atoms with Crippen molar-refractivity contribution in [2.45, 2.75) is 20.3 Å². The topological polar surface area (TPSA) is 74.4 Å². The van der Waals surface area contributed by atoms with Crippen LogP contribution in [0.2, 0.25) is 0 Å². The monoisotopic (exact) mass is 391 g/mol. The molecule has 29 heavy (non-hydrogen) atoms. The molecule has 0 saturated carbocycles. The Balaban J connectivity index is 1.41. The molecule has 0 aliphatic carbocycles. The zero-order valence-electron chi connectivity index (χ0n) is 16.7. The van der Waals surface area contributed by atoms with Gasteiger partial charge in [0.05, 0.1) is 19.6 Å². The highest BCUT2D eigenvalue weighted by atomic mass is 16.5. The summed E-state index contributed by atoms with van der Waals surface area (Å²) in [6.07, 6.45) is 0.356. The Morgan fingerprint density at radius 1 is 1.07 bits per heavy atom. The Hall–Kier alpha value is -3.12. The van der Waals surface area contributed by atoms with Gasteiger partial charge in [-0.15, -0.1) is 0 Å². The third-order valence-electron chi connectivity index (χ3n) is 5.26. The molecule has 6 nitrogen and oxygen atoms in total. The zero-order valence-corrected chi connectivity index (χ0v) is 16.7. The van der Waals surface area contributed by atoms with Gasteiger partial charge in [-0.3, -0.25) is 9.59 Å². The van der Waals surface area contributed by atoms with E-state index in [1.54, 1.807) is 0 Å². The van der Waals surface area contributed by atoms with E-state index in [9.17, 15) is 9.59 Å². The number of nitrogens with one attached hydrogen (secondary N) is 2. The van der Waals surface area contributed by atoms with Crippen LogP contribution in [0, 0.1) is 13.8 Å². The summed E-state index contributed by atoms with van der Waals surface area (Å²) in [5.41, 5.74) is 5.42. The fourth-order valence-corrected chi connectivity index (χ4v) is 3.73. The third kappa shape index (κ3) is 4.32. The number of aromatic nitrogens is 1. The van der Waals surface area contributed by atoms with Crippen molar-refractivity contribution in [2.75, 3.05) is 31.6 Å². The molecule has 2 aromatic carbocycles. The van der Waals surface area contributed by atoms with Gasteiger partial charge in [-0.1, -0.05) is 18.2 Å². The second-order valence-corrected chi connectivity index (χ2v) is 7.55. The average molecular weight is 391 g/mol. The van der Waals surface area contributed by atoms with E-state index < -0.39 is 0 Å². The minimum absolute atomic E-state index is 0.105. The quantitative estimate of drug-likeness (QED) is 0.715. The van der Waals surface area contributed by atoms with Crippen LogP contribution >= 0.6 is 0 Å². The Morgan fingerprint density at radius 2 is 1.79 bits per heavy atom. The molecule has 1 aromatic heterocycles. The first-order valence-corrected chi connectivity index (χ1v) is 9.85. The number of anilines is 1. The molecule has 0 unspecified atom stereocenters. The minimum atomic E-state index is -0.185. The van der Waals surface area contributed by atoms with Crippen LogP contribution in [0.25, 0.3) is 10.9 Å². The van der Waals surface area contributed by atoms with Gasteiger partial charge >= 0.3 is 0 Å². The van der Waals surface area contributed by atoms with Crippen molar-refractivity contribution >= 4 is 28.4 Å². The van der Waals surface area contributed by atoms with Crippen molar-refractivity contribution in [2.24, 2.45) is 0 Å². The Morgan fingerprint density at radius 3 is 2.52 bits per heavy atom. The van der Waals surface area contributed by atoms with Gasteiger partial charge in [-0.05, 0) is 54.8 Å². The molecule has 2 heterocycles. The van der Waals surface area contributed by atoms with E-state index in [4.69, 9.17) is 4.74 Å². The number of hydrogen-bond donors (Lipinski definition) is 2. The first-order valence-electron chi connectivity index (χ1n) is 9.85. The third-order valence-corrected chi connectivity index (χ3v) is 5.26. The smallest absolute Gasteiger partial charge is 0.272 e. The zero-order chi connectivity index (χ0) is 20.4. The largest absolute Gasteiger partial charge is 0.378 e. The highest BCUT2D eigenvalue weighted by Gasteiger charge is 2.17. The second-order valence-electron chi connectivity index (χ2n) is 7.55. The molecule has 1 fully saturated rings. The number of carbonyl (C=O) groups is 2. The molecular formula is C23H25N3O3. The maximum Gasteiger partial charge on any atom is 0.272 e. The van der Waals surface area contributed by atoms with Crippen LogP contribution in [-0.4, -0.2) is 48.0 Å². The number of nitrogens with zero attached hydrogens (tertiary/aromatic N) is 1. The molecule has 2 amide bonds. The minimum Gasteiger partial charge on any atom is -0.378 e. The Bertz CT molecular complexity index is 1050. The maximum atomic E-state index is 12.6. The lowest BCUT2D eigenvalue weighted by atomic mass is 10.1. The molecule has 0 spiro atoms. The number of aryl methyl sites for hydroxylation is 2. The standard InChI is InChI=1S/C23H25N3O3/c1-15-11-16(2)19-14-21(25-20(19)12-15)23(28)24-18-5-3-17(4-6-18)13-22(27)26-7-9-29-10-8-26/h3-6,11-12,14,25H,7-10,13H2,1-2H3,(H,24,28). The molecule has 0 bridgehead atoms. The van der Waals surface area contributed by atoms with E-state index in [-0.39, 0.29) is 11.8 Å². The van der Waals surface area contributed by atoms with E-state index in [0.717, 1.165) is 27.6 Å². The van der Waals surface area contributed by atoms with Gasteiger partial charge in [-0.2, -0.15) is 0 Å². The van der Waals surface area contributed by atoms with E-state index in [1.807, 2.05) is 55.1 Å². The molecule has 4 rings (SSSR count). The number of hydrogen-bond acceptors (Lipinski definition) is 3. The van der Waals surface area contributed by atoms with Crippen LogP contribution in [-0.2, 0) is 16.0 Å². The fourth-order valence-electron chi connectivity index (χ4n) is 3.73. The van der Waals surface area contributed by atoms with Crippen molar-refractivity contribution in [1.29, 1.82) is 0 Å². The Kier molecular flexibility index (Phi) is 5.36. The summed E-state index contributed by atoms with van der Waals surface area (Å²) in [6.45, 7) is 6.58. The highest BCUT2D eigenvalue weighted by Crippen LogP contribution is 2.22. The summed E-state index contributed by atoms with van der Waals surface area (Å²) >= 11 is 0. The lowest BCUT2D eigenvalue weighted by molar-refractivity contribution is -0.134. The van der Waals surface area contributed by atoms with Crippen LogP contribution in [0.15, 0.2) is 42.5 Å². The van der Waals surface area contributed by atoms with E-state index in [0.29, 0.717) is 44.1 Å². The first kappa shape index (κ1) is 19.2. The number of H-pyrrole nitrogens is 1. The number of amides is 2.